The van der Waals surface area contributed by atoms with Crippen LogP contribution < -0.4 is 11.1 Å². The third-order valence-corrected chi connectivity index (χ3v) is 3.27. The van der Waals surface area contributed by atoms with Crippen LogP contribution in [0.3, 0.4) is 0 Å². The summed E-state index contributed by atoms with van der Waals surface area (Å²) < 4.78 is 43.6. The number of hydrogen-bond acceptors (Lipinski definition) is 3. The van der Waals surface area contributed by atoms with E-state index in [2.05, 4.69) is 5.32 Å². The highest BCUT2D eigenvalue weighted by Gasteiger charge is 2.44. The summed E-state index contributed by atoms with van der Waals surface area (Å²) in [6, 6.07) is 3.34. The van der Waals surface area contributed by atoms with Gasteiger partial charge in [0.25, 0.3) is 0 Å². The number of hydrogen-bond donors (Lipinski definition) is 2. The maximum atomic E-state index is 12.8. The summed E-state index contributed by atoms with van der Waals surface area (Å²) in [5.41, 5.74) is 5.00. The Morgan fingerprint density at radius 2 is 2.09 bits per heavy atom. The third-order valence-electron chi connectivity index (χ3n) is 3.27. The van der Waals surface area contributed by atoms with Crippen LogP contribution in [0.4, 0.5) is 18.9 Å². The van der Waals surface area contributed by atoms with Gasteiger partial charge in [-0.3, -0.25) is 4.79 Å². The van der Waals surface area contributed by atoms with E-state index >= 15 is 0 Å². The molecule has 2 unspecified atom stereocenters. The molecule has 1 aromatic carbocycles. The second kappa shape index (κ2) is 7.30. The molecular weight excluding hydrogens is 321 g/mol. The maximum Gasteiger partial charge on any atom is 0.416 e. The van der Waals surface area contributed by atoms with Gasteiger partial charge in [-0.05, 0) is 37.1 Å². The smallest absolute Gasteiger partial charge is 0.378 e. The topological polar surface area (TPSA) is 64.3 Å². The van der Waals surface area contributed by atoms with Crippen LogP contribution in [0.2, 0.25) is 0 Å². The van der Waals surface area contributed by atoms with E-state index in [1.165, 1.54) is 6.07 Å². The number of amides is 1. The van der Waals surface area contributed by atoms with Crippen molar-refractivity contribution in [3.05, 3.63) is 29.3 Å². The van der Waals surface area contributed by atoms with Crippen LogP contribution in [0.25, 0.3) is 0 Å². The van der Waals surface area contributed by atoms with Gasteiger partial charge in [0.05, 0.1) is 17.6 Å². The van der Waals surface area contributed by atoms with Crippen molar-refractivity contribution < 1.29 is 22.7 Å². The van der Waals surface area contributed by atoms with Crippen molar-refractivity contribution in [2.24, 2.45) is 11.7 Å². The summed E-state index contributed by atoms with van der Waals surface area (Å²) in [6.07, 6.45) is -4.00. The monoisotopic (exact) mass is 338 g/mol. The summed E-state index contributed by atoms with van der Waals surface area (Å²) in [5.74, 6) is -0.614. The summed E-state index contributed by atoms with van der Waals surface area (Å²) in [5, 5.41) is 2.50. The van der Waals surface area contributed by atoms with Gasteiger partial charge in [0.1, 0.15) is 0 Å². The predicted molar refractivity (Wildman–Crippen MR) is 78.7 cm³/mol. The number of halogens is 4. The van der Waals surface area contributed by atoms with Crippen molar-refractivity contribution in [1.82, 2.24) is 0 Å². The summed E-state index contributed by atoms with van der Waals surface area (Å²) >= 11 is 0. The number of alkyl halides is 3. The first kappa shape index (κ1) is 18.7. The van der Waals surface area contributed by atoms with E-state index in [1.54, 1.807) is 0 Å². The second-order valence-corrected chi connectivity index (χ2v) is 4.95. The van der Waals surface area contributed by atoms with Crippen molar-refractivity contribution in [3.8, 4) is 0 Å². The minimum atomic E-state index is -4.47. The first-order valence-electron chi connectivity index (χ1n) is 6.68. The van der Waals surface area contributed by atoms with E-state index in [0.29, 0.717) is 18.6 Å². The van der Waals surface area contributed by atoms with Crippen LogP contribution in [-0.4, -0.2) is 18.6 Å². The second-order valence-electron chi connectivity index (χ2n) is 4.95. The number of anilines is 1. The summed E-state index contributed by atoms with van der Waals surface area (Å²) in [6.45, 7) is 2.31. The molecule has 0 aliphatic heterocycles. The molecule has 1 saturated carbocycles. The lowest BCUT2D eigenvalue weighted by molar-refractivity contribution is -0.137. The van der Waals surface area contributed by atoms with Gasteiger partial charge < -0.3 is 15.8 Å². The molecule has 2 atom stereocenters. The summed E-state index contributed by atoms with van der Waals surface area (Å²) in [4.78, 5) is 11.9. The van der Waals surface area contributed by atoms with Crippen LogP contribution in [0.5, 0.6) is 0 Å². The number of nitrogens with two attached hydrogens (primary N) is 1. The Kier molecular flexibility index (Phi) is 6.22. The largest absolute Gasteiger partial charge is 0.416 e. The SMILES string of the molecule is CCOC1CC1C(=O)Nc1cc(CN)cc(C(F)(F)F)c1.Cl. The number of ether oxygens (including phenoxy) is 1. The highest BCUT2D eigenvalue weighted by molar-refractivity contribution is 5.95. The number of nitrogens with one attached hydrogen (secondary N) is 1. The molecule has 0 saturated heterocycles. The van der Waals surface area contributed by atoms with E-state index in [0.717, 1.165) is 12.1 Å². The molecule has 124 valence electrons. The molecule has 8 heteroatoms. The highest BCUT2D eigenvalue weighted by Crippen LogP contribution is 2.36. The van der Waals surface area contributed by atoms with E-state index in [9.17, 15) is 18.0 Å². The molecule has 1 aliphatic rings. The van der Waals surface area contributed by atoms with Gasteiger partial charge in [-0.1, -0.05) is 0 Å². The van der Waals surface area contributed by atoms with Gasteiger partial charge in [0, 0.05) is 18.8 Å². The molecule has 22 heavy (non-hydrogen) atoms. The van der Waals surface area contributed by atoms with Gasteiger partial charge in [-0.25, -0.2) is 0 Å². The van der Waals surface area contributed by atoms with Crippen LogP contribution >= 0.6 is 12.4 Å². The van der Waals surface area contributed by atoms with Crippen molar-refractivity contribution in [1.29, 1.82) is 0 Å². The lowest BCUT2D eigenvalue weighted by Crippen LogP contribution is -2.18. The van der Waals surface area contributed by atoms with E-state index < -0.39 is 11.7 Å². The number of carbonyl (C=O) groups excluding carboxylic acids is 1. The quantitative estimate of drug-likeness (QED) is 0.867. The van der Waals surface area contributed by atoms with Crippen LogP contribution in [0.15, 0.2) is 18.2 Å². The fourth-order valence-corrected chi connectivity index (χ4v) is 2.13. The first-order chi connectivity index (χ1) is 9.85. The van der Waals surface area contributed by atoms with Crippen molar-refractivity contribution in [2.45, 2.75) is 32.2 Å². The number of carbonyl (C=O) groups is 1. The molecule has 1 aromatic rings. The van der Waals surface area contributed by atoms with E-state index in [1.807, 2.05) is 6.92 Å². The Balaban J connectivity index is 0.00000242. The van der Waals surface area contributed by atoms with Crippen LogP contribution in [-0.2, 0) is 22.3 Å². The molecule has 0 aromatic heterocycles. The third kappa shape index (κ3) is 4.59. The lowest BCUT2D eigenvalue weighted by atomic mass is 10.1. The van der Waals surface area contributed by atoms with Crippen molar-refractivity contribution in [2.75, 3.05) is 11.9 Å². The fourth-order valence-electron chi connectivity index (χ4n) is 2.13. The molecule has 4 nitrogen and oxygen atoms in total. The van der Waals surface area contributed by atoms with Gasteiger partial charge in [0.2, 0.25) is 5.91 Å². The Hall–Kier alpha value is -1.31. The zero-order chi connectivity index (χ0) is 15.6. The molecule has 3 N–H and O–H groups in total. The van der Waals surface area contributed by atoms with E-state index in [4.69, 9.17) is 10.5 Å². The molecule has 1 amide bonds. The van der Waals surface area contributed by atoms with Crippen LogP contribution in [0.1, 0.15) is 24.5 Å². The van der Waals surface area contributed by atoms with E-state index in [-0.39, 0.29) is 42.6 Å². The van der Waals surface area contributed by atoms with Crippen molar-refractivity contribution in [3.63, 3.8) is 0 Å². The number of rotatable bonds is 5. The molecule has 0 bridgehead atoms. The van der Waals surface area contributed by atoms with Gasteiger partial charge >= 0.3 is 6.18 Å². The molecule has 1 aliphatic carbocycles. The highest BCUT2D eigenvalue weighted by atomic mass is 35.5. The zero-order valence-electron chi connectivity index (χ0n) is 11.9. The average molecular weight is 339 g/mol. The lowest BCUT2D eigenvalue weighted by Gasteiger charge is -2.12. The minimum absolute atomic E-state index is 0. The number of benzene rings is 1. The van der Waals surface area contributed by atoms with Gasteiger partial charge in [-0.15, -0.1) is 12.4 Å². The minimum Gasteiger partial charge on any atom is -0.378 e. The van der Waals surface area contributed by atoms with Crippen LogP contribution in [0, 0.1) is 5.92 Å². The van der Waals surface area contributed by atoms with Crippen molar-refractivity contribution >= 4 is 24.0 Å². The average Bonchev–Trinajstić information content (AvgIpc) is 3.17. The van der Waals surface area contributed by atoms with Gasteiger partial charge in [-0.2, -0.15) is 13.2 Å². The Bertz CT molecular complexity index is 537. The summed E-state index contributed by atoms with van der Waals surface area (Å²) in [7, 11) is 0. The molecule has 0 spiro atoms. The Morgan fingerprint density at radius 1 is 1.41 bits per heavy atom. The standard InChI is InChI=1S/C14H17F3N2O2.ClH/c1-2-21-12-6-11(12)13(20)19-10-4-8(7-18)3-9(5-10)14(15,16)17;/h3-5,11-12H,2,6-7,18H2,1H3,(H,19,20);1H. The van der Waals surface area contributed by atoms with Gasteiger partial charge in [0.15, 0.2) is 0 Å². The zero-order valence-corrected chi connectivity index (χ0v) is 12.8. The molecule has 2 rings (SSSR count). The maximum absolute atomic E-state index is 12.8. The Morgan fingerprint density at radius 3 is 2.64 bits per heavy atom. The Labute approximate surface area is 132 Å². The molecule has 1 fully saturated rings. The first-order valence-corrected chi connectivity index (χ1v) is 6.68. The predicted octanol–water partition coefficient (Wildman–Crippen LogP) is 2.95. The molecule has 0 heterocycles. The fraction of sp³-hybridized carbons (Fsp3) is 0.500. The normalized spacial score (nSPS) is 20.2. The molecule has 0 radical (unpaired) electrons. The molecular formula is C14H18ClF3N2O2.